The fourth-order valence-electron chi connectivity index (χ4n) is 1.68. The second-order valence-electron chi connectivity index (χ2n) is 3.82. The van der Waals surface area contributed by atoms with E-state index >= 15 is 0 Å². The maximum absolute atomic E-state index is 13.4. The van der Waals surface area contributed by atoms with Gasteiger partial charge < -0.3 is 0 Å². The molecule has 3 heteroatoms. The Hall–Kier alpha value is -1.51. The van der Waals surface area contributed by atoms with Gasteiger partial charge in [0.2, 0.25) is 0 Å². The lowest BCUT2D eigenvalue weighted by Gasteiger charge is -2.10. The van der Waals surface area contributed by atoms with Crippen molar-refractivity contribution in [1.29, 1.82) is 0 Å². The standard InChI is InChI=1S/C12H11F2N/c1-7(2)9-6-10(13)11(14)12-8(9)4-3-5-15-12/h3-7H,1-2H3. The minimum Gasteiger partial charge on any atom is -0.253 e. The van der Waals surface area contributed by atoms with Gasteiger partial charge in [0.25, 0.3) is 0 Å². The van der Waals surface area contributed by atoms with Crippen molar-refractivity contribution >= 4 is 10.9 Å². The largest absolute Gasteiger partial charge is 0.253 e. The third kappa shape index (κ3) is 1.58. The summed E-state index contributed by atoms with van der Waals surface area (Å²) < 4.78 is 26.7. The van der Waals surface area contributed by atoms with Crippen molar-refractivity contribution < 1.29 is 8.78 Å². The summed E-state index contributed by atoms with van der Waals surface area (Å²) in [5.41, 5.74) is 0.901. The highest BCUT2D eigenvalue weighted by Gasteiger charge is 2.14. The number of hydrogen-bond acceptors (Lipinski definition) is 1. The van der Waals surface area contributed by atoms with Crippen LogP contribution in [0.3, 0.4) is 0 Å². The van der Waals surface area contributed by atoms with E-state index in [1.165, 1.54) is 12.3 Å². The molecule has 15 heavy (non-hydrogen) atoms. The topological polar surface area (TPSA) is 12.9 Å². The Balaban J connectivity index is 2.88. The summed E-state index contributed by atoms with van der Waals surface area (Å²) in [4.78, 5) is 3.87. The van der Waals surface area contributed by atoms with Gasteiger partial charge in [-0.1, -0.05) is 19.9 Å². The summed E-state index contributed by atoms with van der Waals surface area (Å²) in [5, 5.41) is 0.686. The molecule has 78 valence electrons. The number of rotatable bonds is 1. The third-order valence-corrected chi connectivity index (χ3v) is 2.44. The highest BCUT2D eigenvalue weighted by Crippen LogP contribution is 2.27. The van der Waals surface area contributed by atoms with Crippen LogP contribution in [0.25, 0.3) is 10.9 Å². The van der Waals surface area contributed by atoms with E-state index in [9.17, 15) is 8.78 Å². The first-order chi connectivity index (χ1) is 7.11. The normalized spacial score (nSPS) is 11.3. The number of fused-ring (bicyclic) bond motifs is 1. The second-order valence-corrected chi connectivity index (χ2v) is 3.82. The van der Waals surface area contributed by atoms with Crippen LogP contribution in [0.15, 0.2) is 24.4 Å². The lowest BCUT2D eigenvalue weighted by Crippen LogP contribution is -1.96. The van der Waals surface area contributed by atoms with Gasteiger partial charge in [0, 0.05) is 11.6 Å². The quantitative estimate of drug-likeness (QED) is 0.695. The molecule has 1 aromatic carbocycles. The van der Waals surface area contributed by atoms with Crippen molar-refractivity contribution in [2.24, 2.45) is 0 Å². The predicted molar refractivity (Wildman–Crippen MR) is 55.7 cm³/mol. The number of halogens is 2. The zero-order valence-corrected chi connectivity index (χ0v) is 8.59. The predicted octanol–water partition coefficient (Wildman–Crippen LogP) is 3.64. The van der Waals surface area contributed by atoms with Crippen LogP contribution >= 0.6 is 0 Å². The average Bonchev–Trinajstić information content (AvgIpc) is 2.23. The Labute approximate surface area is 86.8 Å². The van der Waals surface area contributed by atoms with E-state index in [0.29, 0.717) is 5.39 Å². The maximum Gasteiger partial charge on any atom is 0.184 e. The molecule has 0 unspecified atom stereocenters. The molecule has 0 aliphatic carbocycles. The fourth-order valence-corrected chi connectivity index (χ4v) is 1.68. The van der Waals surface area contributed by atoms with Gasteiger partial charge in [-0.2, -0.15) is 0 Å². The SMILES string of the molecule is CC(C)c1cc(F)c(F)c2ncccc12. The van der Waals surface area contributed by atoms with E-state index in [-0.39, 0.29) is 11.4 Å². The molecule has 0 atom stereocenters. The molecule has 0 saturated heterocycles. The van der Waals surface area contributed by atoms with Crippen molar-refractivity contribution in [3.8, 4) is 0 Å². The van der Waals surface area contributed by atoms with Crippen LogP contribution in [0.1, 0.15) is 25.3 Å². The number of aromatic nitrogens is 1. The van der Waals surface area contributed by atoms with Crippen molar-refractivity contribution in [2.75, 3.05) is 0 Å². The van der Waals surface area contributed by atoms with E-state index in [4.69, 9.17) is 0 Å². The van der Waals surface area contributed by atoms with Crippen LogP contribution in [0, 0.1) is 11.6 Å². The molecule has 0 aliphatic rings. The monoisotopic (exact) mass is 207 g/mol. The van der Waals surface area contributed by atoms with Gasteiger partial charge in [0.05, 0.1) is 0 Å². The summed E-state index contributed by atoms with van der Waals surface area (Å²) in [6.45, 7) is 3.89. The molecule has 1 heterocycles. The molecular weight excluding hydrogens is 196 g/mol. The summed E-state index contributed by atoms with van der Waals surface area (Å²) in [5.74, 6) is -1.55. The van der Waals surface area contributed by atoms with E-state index in [1.54, 1.807) is 12.1 Å². The fraction of sp³-hybridized carbons (Fsp3) is 0.250. The molecule has 0 spiro atoms. The lowest BCUT2D eigenvalue weighted by atomic mass is 9.98. The summed E-state index contributed by atoms with van der Waals surface area (Å²) in [6, 6.07) is 4.75. The highest BCUT2D eigenvalue weighted by molar-refractivity contribution is 5.83. The Bertz CT molecular complexity index is 506. The molecular formula is C12H11F2N. The molecule has 0 saturated carbocycles. The van der Waals surface area contributed by atoms with Crippen LogP contribution in [0.2, 0.25) is 0 Å². The van der Waals surface area contributed by atoms with Gasteiger partial charge in [0.15, 0.2) is 11.6 Å². The molecule has 1 aromatic heterocycles. The molecule has 0 amide bonds. The van der Waals surface area contributed by atoms with Crippen LogP contribution in [0.4, 0.5) is 8.78 Å². The molecule has 0 bridgehead atoms. The van der Waals surface area contributed by atoms with E-state index in [2.05, 4.69) is 4.98 Å². The Morgan fingerprint density at radius 3 is 2.67 bits per heavy atom. The third-order valence-electron chi connectivity index (χ3n) is 2.44. The van der Waals surface area contributed by atoms with Gasteiger partial charge in [0.1, 0.15) is 5.52 Å². The lowest BCUT2D eigenvalue weighted by molar-refractivity contribution is 0.513. The minimum absolute atomic E-state index is 0.112. The Kier molecular flexibility index (Phi) is 2.39. The van der Waals surface area contributed by atoms with Crippen LogP contribution in [0.5, 0.6) is 0 Å². The Morgan fingerprint density at radius 2 is 2.00 bits per heavy atom. The molecule has 0 radical (unpaired) electrons. The van der Waals surface area contributed by atoms with Crippen molar-refractivity contribution in [3.05, 3.63) is 41.6 Å². The first kappa shape index (κ1) is 10.0. The Morgan fingerprint density at radius 1 is 1.27 bits per heavy atom. The number of pyridine rings is 1. The molecule has 0 fully saturated rings. The first-order valence-electron chi connectivity index (χ1n) is 4.84. The van der Waals surface area contributed by atoms with E-state index < -0.39 is 11.6 Å². The molecule has 0 N–H and O–H groups in total. The summed E-state index contributed by atoms with van der Waals surface area (Å²) in [7, 11) is 0. The van der Waals surface area contributed by atoms with Gasteiger partial charge in [-0.05, 0) is 23.6 Å². The number of hydrogen-bond donors (Lipinski definition) is 0. The van der Waals surface area contributed by atoms with Crippen molar-refractivity contribution in [1.82, 2.24) is 4.98 Å². The zero-order valence-electron chi connectivity index (χ0n) is 8.59. The number of benzene rings is 1. The smallest absolute Gasteiger partial charge is 0.184 e. The van der Waals surface area contributed by atoms with Crippen molar-refractivity contribution in [3.63, 3.8) is 0 Å². The van der Waals surface area contributed by atoms with Gasteiger partial charge in [-0.15, -0.1) is 0 Å². The van der Waals surface area contributed by atoms with Crippen LogP contribution < -0.4 is 0 Å². The van der Waals surface area contributed by atoms with Gasteiger partial charge >= 0.3 is 0 Å². The maximum atomic E-state index is 13.4. The van der Waals surface area contributed by atoms with Gasteiger partial charge in [-0.25, -0.2) is 8.78 Å². The zero-order chi connectivity index (χ0) is 11.0. The molecule has 1 nitrogen and oxygen atoms in total. The summed E-state index contributed by atoms with van der Waals surface area (Å²) in [6.07, 6.45) is 1.47. The first-order valence-corrected chi connectivity index (χ1v) is 4.84. The van der Waals surface area contributed by atoms with E-state index in [1.807, 2.05) is 13.8 Å². The van der Waals surface area contributed by atoms with E-state index in [0.717, 1.165) is 5.56 Å². The van der Waals surface area contributed by atoms with Crippen LogP contribution in [-0.4, -0.2) is 4.98 Å². The summed E-state index contributed by atoms with van der Waals surface area (Å²) >= 11 is 0. The average molecular weight is 207 g/mol. The van der Waals surface area contributed by atoms with Crippen LogP contribution in [-0.2, 0) is 0 Å². The minimum atomic E-state index is -0.866. The number of nitrogens with zero attached hydrogens (tertiary/aromatic N) is 1. The van der Waals surface area contributed by atoms with Crippen molar-refractivity contribution in [2.45, 2.75) is 19.8 Å². The van der Waals surface area contributed by atoms with Gasteiger partial charge in [-0.3, -0.25) is 4.98 Å². The second kappa shape index (κ2) is 3.57. The highest BCUT2D eigenvalue weighted by atomic mass is 19.2. The molecule has 0 aliphatic heterocycles. The molecule has 2 rings (SSSR count). The molecule has 2 aromatic rings.